The van der Waals surface area contributed by atoms with Crippen LogP contribution >= 0.6 is 0 Å². The van der Waals surface area contributed by atoms with Crippen LogP contribution in [0.15, 0.2) is 18.2 Å². The molecule has 2 N–H and O–H groups in total. The molecule has 0 amide bonds. The van der Waals surface area contributed by atoms with Crippen LogP contribution < -0.4 is 15.2 Å². The molecule has 0 aliphatic carbocycles. The van der Waals surface area contributed by atoms with E-state index in [0.717, 1.165) is 30.2 Å². The van der Waals surface area contributed by atoms with Crippen LogP contribution in [-0.2, 0) is 0 Å². The molecule has 0 aromatic heterocycles. The molecule has 0 heterocycles. The topological polar surface area (TPSA) is 47.7 Å². The van der Waals surface area contributed by atoms with Gasteiger partial charge in [0.2, 0.25) is 0 Å². The standard InChI is InChI=1S/C16H28N2O2/c1-6-18(11-12(2)3)15(10-17)14-9-13(19-4)7-8-16(14)20-5/h7-9,12,15H,6,10-11,17H2,1-5H3. The van der Waals surface area contributed by atoms with Gasteiger partial charge in [-0.3, -0.25) is 4.90 Å². The Hall–Kier alpha value is -1.26. The molecule has 20 heavy (non-hydrogen) atoms. The van der Waals surface area contributed by atoms with E-state index in [2.05, 4.69) is 25.7 Å². The number of methoxy groups -OCH3 is 2. The van der Waals surface area contributed by atoms with Crippen molar-refractivity contribution >= 4 is 0 Å². The summed E-state index contributed by atoms with van der Waals surface area (Å²) in [5.41, 5.74) is 7.13. The van der Waals surface area contributed by atoms with E-state index in [1.807, 2.05) is 18.2 Å². The first-order valence-electron chi connectivity index (χ1n) is 7.23. The third-order valence-corrected chi connectivity index (χ3v) is 3.47. The Morgan fingerprint density at radius 1 is 1.20 bits per heavy atom. The van der Waals surface area contributed by atoms with Gasteiger partial charge in [-0.15, -0.1) is 0 Å². The lowest BCUT2D eigenvalue weighted by Gasteiger charge is -2.32. The maximum Gasteiger partial charge on any atom is 0.123 e. The van der Waals surface area contributed by atoms with Crippen LogP contribution in [0, 0.1) is 5.92 Å². The summed E-state index contributed by atoms with van der Waals surface area (Å²) in [5.74, 6) is 2.30. The van der Waals surface area contributed by atoms with Gasteiger partial charge in [0.15, 0.2) is 0 Å². The van der Waals surface area contributed by atoms with Gasteiger partial charge >= 0.3 is 0 Å². The molecule has 0 spiro atoms. The highest BCUT2D eigenvalue weighted by Crippen LogP contribution is 2.32. The monoisotopic (exact) mass is 280 g/mol. The lowest BCUT2D eigenvalue weighted by atomic mass is 10.0. The van der Waals surface area contributed by atoms with Gasteiger partial charge in [-0.05, 0) is 30.7 Å². The van der Waals surface area contributed by atoms with E-state index < -0.39 is 0 Å². The zero-order valence-corrected chi connectivity index (χ0v) is 13.3. The van der Waals surface area contributed by atoms with E-state index >= 15 is 0 Å². The van der Waals surface area contributed by atoms with Crippen molar-refractivity contribution < 1.29 is 9.47 Å². The number of rotatable bonds is 8. The number of hydrogen-bond acceptors (Lipinski definition) is 4. The number of benzene rings is 1. The lowest BCUT2D eigenvalue weighted by Crippen LogP contribution is -2.36. The molecule has 1 rings (SSSR count). The van der Waals surface area contributed by atoms with Gasteiger partial charge in [-0.1, -0.05) is 20.8 Å². The average molecular weight is 280 g/mol. The normalized spacial score (nSPS) is 12.8. The van der Waals surface area contributed by atoms with Crippen LogP contribution in [0.4, 0.5) is 0 Å². The molecule has 0 saturated carbocycles. The van der Waals surface area contributed by atoms with Crippen molar-refractivity contribution in [1.29, 1.82) is 0 Å². The molecule has 0 fully saturated rings. The van der Waals surface area contributed by atoms with E-state index in [4.69, 9.17) is 15.2 Å². The van der Waals surface area contributed by atoms with Gasteiger partial charge in [0.05, 0.1) is 20.3 Å². The van der Waals surface area contributed by atoms with Crippen molar-refractivity contribution in [2.75, 3.05) is 33.9 Å². The van der Waals surface area contributed by atoms with Gasteiger partial charge in [0.25, 0.3) is 0 Å². The Morgan fingerprint density at radius 2 is 1.90 bits per heavy atom. The largest absolute Gasteiger partial charge is 0.497 e. The first-order valence-corrected chi connectivity index (χ1v) is 7.23. The summed E-state index contributed by atoms with van der Waals surface area (Å²) in [7, 11) is 3.37. The first kappa shape index (κ1) is 16.8. The Balaban J connectivity index is 3.14. The summed E-state index contributed by atoms with van der Waals surface area (Å²) in [6.45, 7) is 9.14. The van der Waals surface area contributed by atoms with Crippen molar-refractivity contribution in [3.05, 3.63) is 23.8 Å². The zero-order chi connectivity index (χ0) is 15.1. The smallest absolute Gasteiger partial charge is 0.123 e. The molecule has 1 unspecified atom stereocenters. The predicted molar refractivity (Wildman–Crippen MR) is 83.4 cm³/mol. The Bertz CT molecular complexity index is 407. The molecule has 4 heteroatoms. The van der Waals surface area contributed by atoms with Crippen LogP contribution in [0.3, 0.4) is 0 Å². The van der Waals surface area contributed by atoms with Crippen molar-refractivity contribution in [3.8, 4) is 11.5 Å². The molecule has 114 valence electrons. The minimum atomic E-state index is 0.146. The molecular formula is C16H28N2O2. The molecule has 0 saturated heterocycles. The Labute approximate surface area is 122 Å². The van der Waals surface area contributed by atoms with Crippen molar-refractivity contribution in [2.24, 2.45) is 11.7 Å². The first-order chi connectivity index (χ1) is 9.57. The Morgan fingerprint density at radius 3 is 2.35 bits per heavy atom. The number of likely N-dealkylation sites (N-methyl/N-ethyl adjacent to an activating group) is 1. The predicted octanol–water partition coefficient (Wildman–Crippen LogP) is 2.68. The molecule has 1 aromatic rings. The van der Waals surface area contributed by atoms with Gasteiger partial charge in [-0.25, -0.2) is 0 Å². The van der Waals surface area contributed by atoms with E-state index in [-0.39, 0.29) is 6.04 Å². The summed E-state index contributed by atoms with van der Waals surface area (Å²) < 4.78 is 10.8. The maximum absolute atomic E-state index is 6.03. The van der Waals surface area contributed by atoms with E-state index in [1.54, 1.807) is 14.2 Å². The van der Waals surface area contributed by atoms with E-state index in [9.17, 15) is 0 Å². The highest BCUT2D eigenvalue weighted by Gasteiger charge is 2.22. The summed E-state index contributed by atoms with van der Waals surface area (Å²) >= 11 is 0. The fourth-order valence-electron chi connectivity index (χ4n) is 2.52. The summed E-state index contributed by atoms with van der Waals surface area (Å²) in [6.07, 6.45) is 0. The van der Waals surface area contributed by atoms with Crippen LogP contribution in [0.5, 0.6) is 11.5 Å². The number of hydrogen-bond donors (Lipinski definition) is 1. The number of nitrogens with two attached hydrogens (primary N) is 1. The molecule has 1 aromatic carbocycles. The molecular weight excluding hydrogens is 252 g/mol. The van der Waals surface area contributed by atoms with Crippen molar-refractivity contribution in [1.82, 2.24) is 4.90 Å². The van der Waals surface area contributed by atoms with E-state index in [0.29, 0.717) is 12.5 Å². The maximum atomic E-state index is 6.03. The van der Waals surface area contributed by atoms with Gasteiger partial charge in [0.1, 0.15) is 11.5 Å². The van der Waals surface area contributed by atoms with Gasteiger partial charge in [0, 0.05) is 18.7 Å². The minimum absolute atomic E-state index is 0.146. The molecule has 1 atom stereocenters. The van der Waals surface area contributed by atoms with Crippen LogP contribution in [-0.4, -0.2) is 38.8 Å². The minimum Gasteiger partial charge on any atom is -0.497 e. The molecule has 0 aliphatic heterocycles. The third kappa shape index (κ3) is 4.12. The van der Waals surface area contributed by atoms with Crippen molar-refractivity contribution in [3.63, 3.8) is 0 Å². The second-order valence-corrected chi connectivity index (χ2v) is 5.34. The van der Waals surface area contributed by atoms with Crippen LogP contribution in [0.1, 0.15) is 32.4 Å². The lowest BCUT2D eigenvalue weighted by molar-refractivity contribution is 0.185. The van der Waals surface area contributed by atoms with Crippen LogP contribution in [0.2, 0.25) is 0 Å². The van der Waals surface area contributed by atoms with Gasteiger partial charge in [-0.2, -0.15) is 0 Å². The molecule has 0 aliphatic rings. The van der Waals surface area contributed by atoms with Crippen molar-refractivity contribution in [2.45, 2.75) is 26.8 Å². The molecule has 0 bridgehead atoms. The summed E-state index contributed by atoms with van der Waals surface area (Å²) in [4.78, 5) is 2.39. The fraction of sp³-hybridized carbons (Fsp3) is 0.625. The highest BCUT2D eigenvalue weighted by molar-refractivity contribution is 5.42. The van der Waals surface area contributed by atoms with E-state index in [1.165, 1.54) is 0 Å². The Kier molecular flexibility index (Phi) is 6.82. The second-order valence-electron chi connectivity index (χ2n) is 5.34. The zero-order valence-electron chi connectivity index (χ0n) is 13.3. The summed E-state index contributed by atoms with van der Waals surface area (Å²) in [6, 6.07) is 6.03. The fourth-order valence-corrected chi connectivity index (χ4v) is 2.52. The number of nitrogens with zero attached hydrogens (tertiary/aromatic N) is 1. The second kappa shape index (κ2) is 8.12. The molecule has 4 nitrogen and oxygen atoms in total. The average Bonchev–Trinajstić information content (AvgIpc) is 2.46. The number of ether oxygens (including phenoxy) is 2. The summed E-state index contributed by atoms with van der Waals surface area (Å²) in [5, 5.41) is 0. The molecule has 0 radical (unpaired) electrons. The SMILES string of the molecule is CCN(CC(C)C)C(CN)c1cc(OC)ccc1OC. The van der Waals surface area contributed by atoms with Crippen LogP contribution in [0.25, 0.3) is 0 Å². The van der Waals surface area contributed by atoms with Gasteiger partial charge < -0.3 is 15.2 Å². The highest BCUT2D eigenvalue weighted by atomic mass is 16.5. The third-order valence-electron chi connectivity index (χ3n) is 3.47. The quantitative estimate of drug-likeness (QED) is 0.795.